The summed E-state index contributed by atoms with van der Waals surface area (Å²) in [5.41, 5.74) is 16.0. The number of hydrazine groups is 1. The van der Waals surface area contributed by atoms with Gasteiger partial charge in [-0.3, -0.25) is 20.0 Å². The van der Waals surface area contributed by atoms with Crippen LogP contribution in [0.5, 0.6) is 0 Å². The molecule has 0 aliphatic rings. The van der Waals surface area contributed by atoms with Crippen LogP contribution in [0.3, 0.4) is 0 Å². The van der Waals surface area contributed by atoms with Crippen LogP contribution in [0.15, 0.2) is 4.99 Å². The van der Waals surface area contributed by atoms with E-state index in [1.165, 1.54) is 44.9 Å². The zero-order chi connectivity index (χ0) is 21.0. The number of ether oxygens (including phenoxy) is 1. The Morgan fingerprint density at radius 2 is 1.54 bits per heavy atom. The molecule has 0 aliphatic heterocycles. The van der Waals surface area contributed by atoms with Crippen LogP contribution in [0.25, 0.3) is 0 Å². The van der Waals surface area contributed by atoms with E-state index < -0.39 is 12.0 Å². The molecule has 6 N–H and O–H groups in total. The van der Waals surface area contributed by atoms with Crippen LogP contribution in [-0.2, 0) is 14.3 Å². The van der Waals surface area contributed by atoms with E-state index in [2.05, 4.69) is 22.8 Å². The highest BCUT2D eigenvalue weighted by atomic mass is 16.5. The van der Waals surface area contributed by atoms with Crippen molar-refractivity contribution in [1.29, 1.82) is 0 Å². The first kappa shape index (κ1) is 26.2. The first-order chi connectivity index (χ1) is 13.5. The molecular weight excluding hydrogens is 358 g/mol. The van der Waals surface area contributed by atoms with Gasteiger partial charge in [-0.15, -0.1) is 0 Å². The van der Waals surface area contributed by atoms with Crippen LogP contribution in [0.1, 0.15) is 90.9 Å². The molecule has 0 rings (SSSR count). The average molecular weight is 400 g/mol. The number of hydrogen-bond donors (Lipinski definition) is 4. The molecule has 0 heterocycles. The Morgan fingerprint density at radius 1 is 0.929 bits per heavy atom. The molecule has 0 unspecified atom stereocenters. The number of hydrogen-bond acceptors (Lipinski definition) is 5. The van der Waals surface area contributed by atoms with Gasteiger partial charge in [0.2, 0.25) is 5.91 Å². The number of amides is 1. The number of esters is 1. The summed E-state index contributed by atoms with van der Waals surface area (Å²) in [6.07, 6.45) is 12.4. The Balaban J connectivity index is 3.93. The molecule has 28 heavy (non-hydrogen) atoms. The Kier molecular flexibility index (Phi) is 17.3. The second-order valence-corrected chi connectivity index (χ2v) is 7.02. The Morgan fingerprint density at radius 3 is 2.11 bits per heavy atom. The van der Waals surface area contributed by atoms with Gasteiger partial charge < -0.3 is 16.2 Å². The maximum absolute atomic E-state index is 12.0. The summed E-state index contributed by atoms with van der Waals surface area (Å²) < 4.78 is 5.04. The zero-order valence-electron chi connectivity index (χ0n) is 17.8. The highest BCUT2D eigenvalue weighted by Gasteiger charge is 2.19. The van der Waals surface area contributed by atoms with Gasteiger partial charge in [0.15, 0.2) is 5.96 Å². The first-order valence-electron chi connectivity index (χ1n) is 10.8. The molecule has 0 saturated heterocycles. The third-order valence-electron chi connectivity index (χ3n) is 4.41. The van der Waals surface area contributed by atoms with Crippen molar-refractivity contribution in [2.75, 3.05) is 13.2 Å². The fourth-order valence-electron chi connectivity index (χ4n) is 2.82. The molecule has 1 amide bonds. The number of carbonyl (C=O) groups excluding carboxylic acids is 2. The van der Waals surface area contributed by atoms with E-state index in [4.69, 9.17) is 16.2 Å². The van der Waals surface area contributed by atoms with Crippen molar-refractivity contribution in [3.05, 3.63) is 0 Å². The smallest absolute Gasteiger partial charge is 0.324 e. The predicted octanol–water partition coefficient (Wildman–Crippen LogP) is 2.51. The monoisotopic (exact) mass is 399 g/mol. The third kappa shape index (κ3) is 16.4. The summed E-state index contributed by atoms with van der Waals surface area (Å²) in [4.78, 5) is 27.9. The lowest BCUT2D eigenvalue weighted by molar-refractivity contribution is -0.146. The normalized spacial score (nSPS) is 11.6. The predicted molar refractivity (Wildman–Crippen MR) is 113 cm³/mol. The van der Waals surface area contributed by atoms with Gasteiger partial charge in [0.25, 0.3) is 0 Å². The van der Waals surface area contributed by atoms with Gasteiger partial charge in [0.1, 0.15) is 6.04 Å². The third-order valence-corrected chi connectivity index (χ3v) is 4.41. The topological polar surface area (TPSA) is 132 Å². The molecule has 0 aromatic heterocycles. The van der Waals surface area contributed by atoms with Crippen LogP contribution in [0.4, 0.5) is 0 Å². The van der Waals surface area contributed by atoms with Crippen molar-refractivity contribution < 1.29 is 14.3 Å². The lowest BCUT2D eigenvalue weighted by atomic mass is 10.1. The number of carbonyl (C=O) groups is 2. The van der Waals surface area contributed by atoms with Crippen LogP contribution in [0.2, 0.25) is 0 Å². The fourth-order valence-corrected chi connectivity index (χ4v) is 2.82. The molecule has 0 aromatic carbocycles. The van der Waals surface area contributed by atoms with Crippen molar-refractivity contribution >= 4 is 17.8 Å². The molecule has 0 saturated carbocycles. The summed E-state index contributed by atoms with van der Waals surface area (Å²) in [6.45, 7) is 4.68. The molecule has 0 aliphatic carbocycles. The number of guanidine groups is 1. The largest absolute Gasteiger partial charge is 0.465 e. The second kappa shape index (κ2) is 18.5. The molecule has 0 bridgehead atoms. The molecule has 164 valence electrons. The van der Waals surface area contributed by atoms with E-state index in [0.29, 0.717) is 25.8 Å². The molecular formula is C20H41N5O3. The van der Waals surface area contributed by atoms with Gasteiger partial charge in [0, 0.05) is 13.0 Å². The van der Waals surface area contributed by atoms with E-state index in [0.717, 1.165) is 12.8 Å². The summed E-state index contributed by atoms with van der Waals surface area (Å²) in [7, 11) is 0. The quantitative estimate of drug-likeness (QED) is 0.0920. The van der Waals surface area contributed by atoms with Crippen LogP contribution in [-0.4, -0.2) is 37.0 Å². The van der Waals surface area contributed by atoms with Gasteiger partial charge >= 0.3 is 5.97 Å². The molecule has 0 spiro atoms. The number of aliphatic imine (C=N–C) groups is 1. The Labute approximate surface area is 170 Å². The summed E-state index contributed by atoms with van der Waals surface area (Å²) >= 11 is 0. The van der Waals surface area contributed by atoms with Crippen LogP contribution in [0, 0.1) is 0 Å². The van der Waals surface area contributed by atoms with Crippen LogP contribution >= 0.6 is 0 Å². The molecule has 8 heteroatoms. The maximum atomic E-state index is 12.0. The van der Waals surface area contributed by atoms with E-state index >= 15 is 0 Å². The standard InChI is InChI=1S/C20H41N5O3/c1-3-5-6-7-8-9-10-11-12-15-18(26)25-24-17(19(27)28-4-2)14-13-16-23-20(21)22/h17,24H,3-16H2,1-2H3,(H,25,26)(H4,21,22,23)/t17-/m0/s1. The number of rotatable bonds is 18. The van der Waals surface area contributed by atoms with E-state index in [1.54, 1.807) is 6.92 Å². The second-order valence-electron chi connectivity index (χ2n) is 7.02. The molecule has 0 radical (unpaired) electrons. The highest BCUT2D eigenvalue weighted by molar-refractivity contribution is 5.78. The van der Waals surface area contributed by atoms with E-state index in [-0.39, 0.29) is 18.5 Å². The number of nitrogens with one attached hydrogen (secondary N) is 2. The van der Waals surface area contributed by atoms with Crippen LogP contribution < -0.4 is 22.3 Å². The van der Waals surface area contributed by atoms with E-state index in [9.17, 15) is 9.59 Å². The van der Waals surface area contributed by atoms with Crippen molar-refractivity contribution in [1.82, 2.24) is 10.9 Å². The van der Waals surface area contributed by atoms with Crippen molar-refractivity contribution in [3.63, 3.8) is 0 Å². The summed E-state index contributed by atoms with van der Waals surface area (Å²) in [5.74, 6) is -0.480. The maximum Gasteiger partial charge on any atom is 0.324 e. The average Bonchev–Trinajstić information content (AvgIpc) is 2.66. The van der Waals surface area contributed by atoms with Crippen molar-refractivity contribution in [2.45, 2.75) is 96.9 Å². The van der Waals surface area contributed by atoms with E-state index in [1.807, 2.05) is 0 Å². The van der Waals surface area contributed by atoms with Crippen molar-refractivity contribution in [2.24, 2.45) is 16.5 Å². The molecule has 1 atom stereocenters. The van der Waals surface area contributed by atoms with Gasteiger partial charge in [-0.1, -0.05) is 58.3 Å². The number of nitrogens with zero attached hydrogens (tertiary/aromatic N) is 1. The molecule has 0 aromatic rings. The van der Waals surface area contributed by atoms with Gasteiger partial charge in [-0.05, 0) is 26.2 Å². The van der Waals surface area contributed by atoms with Gasteiger partial charge in [-0.2, -0.15) is 0 Å². The first-order valence-corrected chi connectivity index (χ1v) is 10.8. The van der Waals surface area contributed by atoms with Gasteiger partial charge in [-0.25, -0.2) is 5.43 Å². The van der Waals surface area contributed by atoms with Crippen molar-refractivity contribution in [3.8, 4) is 0 Å². The minimum Gasteiger partial charge on any atom is -0.465 e. The number of nitrogens with two attached hydrogens (primary N) is 2. The summed E-state index contributed by atoms with van der Waals surface area (Å²) in [5, 5.41) is 0. The number of unbranched alkanes of at least 4 members (excludes halogenated alkanes) is 8. The highest BCUT2D eigenvalue weighted by Crippen LogP contribution is 2.10. The SMILES string of the molecule is CCCCCCCCCCCC(=O)NN[C@@H](CCCN=C(N)N)C(=O)OCC. The minimum atomic E-state index is -0.610. The lowest BCUT2D eigenvalue weighted by Gasteiger charge is -2.17. The lowest BCUT2D eigenvalue weighted by Crippen LogP contribution is -2.48. The molecule has 0 fully saturated rings. The Bertz CT molecular complexity index is 440. The summed E-state index contributed by atoms with van der Waals surface area (Å²) in [6, 6.07) is -0.610. The Hall–Kier alpha value is -1.83. The minimum absolute atomic E-state index is 0.0231. The van der Waals surface area contributed by atoms with Gasteiger partial charge in [0.05, 0.1) is 6.61 Å². The molecule has 8 nitrogen and oxygen atoms in total. The fraction of sp³-hybridized carbons (Fsp3) is 0.850. The zero-order valence-corrected chi connectivity index (χ0v) is 17.8.